The number of ketones is 1. The Labute approximate surface area is 116 Å². The van der Waals surface area contributed by atoms with E-state index < -0.39 is 0 Å². The predicted molar refractivity (Wildman–Crippen MR) is 75.4 cm³/mol. The van der Waals surface area contributed by atoms with Crippen LogP contribution in [0.4, 0.5) is 10.1 Å². The molecule has 2 aromatic rings. The Kier molecular flexibility index (Phi) is 4.17. The van der Waals surface area contributed by atoms with E-state index in [0.29, 0.717) is 16.1 Å². The molecule has 0 aromatic heterocycles. The van der Waals surface area contributed by atoms with E-state index in [1.54, 1.807) is 37.3 Å². The highest BCUT2D eigenvalue weighted by molar-refractivity contribution is 6.30. The number of halogens is 2. The maximum Gasteiger partial charge on any atom is 0.181 e. The first-order chi connectivity index (χ1) is 9.06. The Hall–Kier alpha value is -1.87. The van der Waals surface area contributed by atoms with Gasteiger partial charge in [0.2, 0.25) is 0 Å². The summed E-state index contributed by atoms with van der Waals surface area (Å²) in [6.45, 7) is 1.80. The van der Waals surface area contributed by atoms with Gasteiger partial charge in [-0.25, -0.2) is 4.39 Å². The summed E-state index contributed by atoms with van der Waals surface area (Å²) in [6.07, 6.45) is 0. The van der Waals surface area contributed by atoms with Gasteiger partial charge in [-0.1, -0.05) is 11.6 Å². The van der Waals surface area contributed by atoms with Crippen LogP contribution in [0.1, 0.15) is 15.9 Å². The van der Waals surface area contributed by atoms with Gasteiger partial charge in [0, 0.05) is 16.3 Å². The van der Waals surface area contributed by atoms with Gasteiger partial charge in [0.25, 0.3) is 0 Å². The van der Waals surface area contributed by atoms with Gasteiger partial charge in [-0.05, 0) is 55.0 Å². The number of hydrogen-bond acceptors (Lipinski definition) is 2. The number of Topliss-reactive ketones (excluding diaryl/α,β-unsaturated/α-hetero) is 1. The minimum atomic E-state index is -0.304. The van der Waals surface area contributed by atoms with Gasteiger partial charge >= 0.3 is 0 Å². The number of nitrogens with one attached hydrogen (secondary N) is 1. The van der Waals surface area contributed by atoms with Crippen LogP contribution in [0.25, 0.3) is 0 Å². The molecule has 0 saturated heterocycles. The van der Waals surface area contributed by atoms with Gasteiger partial charge in [0.15, 0.2) is 5.78 Å². The monoisotopic (exact) mass is 277 g/mol. The Morgan fingerprint density at radius 3 is 2.53 bits per heavy atom. The fraction of sp³-hybridized carbons (Fsp3) is 0.133. The molecule has 0 bridgehead atoms. The lowest BCUT2D eigenvalue weighted by Crippen LogP contribution is -2.14. The SMILES string of the molecule is Cc1cc(C(=O)CNc2ccc(Cl)cc2)ccc1F. The number of carbonyl (C=O) groups is 1. The molecule has 0 radical (unpaired) electrons. The molecule has 2 aromatic carbocycles. The molecule has 0 amide bonds. The number of rotatable bonds is 4. The van der Waals surface area contributed by atoms with Gasteiger partial charge in [-0.3, -0.25) is 4.79 Å². The van der Waals surface area contributed by atoms with Crippen LogP contribution in [0.5, 0.6) is 0 Å². The third-order valence-corrected chi connectivity index (χ3v) is 3.03. The predicted octanol–water partition coefficient (Wildman–Crippen LogP) is 4.08. The van der Waals surface area contributed by atoms with Crippen molar-refractivity contribution in [1.82, 2.24) is 0 Å². The molecule has 0 atom stereocenters. The summed E-state index contributed by atoms with van der Waals surface area (Å²) < 4.78 is 13.1. The second-order valence-electron chi connectivity index (χ2n) is 4.25. The standard InChI is InChI=1S/C15H13ClFNO/c1-10-8-11(2-7-14(10)17)15(19)9-18-13-5-3-12(16)4-6-13/h2-8,18H,9H2,1H3. The molecule has 0 heterocycles. The van der Waals surface area contributed by atoms with Crippen LogP contribution in [0.3, 0.4) is 0 Å². The smallest absolute Gasteiger partial charge is 0.181 e. The third kappa shape index (κ3) is 3.55. The van der Waals surface area contributed by atoms with Crippen LogP contribution in [0, 0.1) is 12.7 Å². The van der Waals surface area contributed by atoms with Crippen molar-refractivity contribution < 1.29 is 9.18 Å². The first-order valence-corrected chi connectivity index (χ1v) is 6.23. The average Bonchev–Trinajstić information content (AvgIpc) is 2.41. The third-order valence-electron chi connectivity index (χ3n) is 2.78. The van der Waals surface area contributed by atoms with Gasteiger partial charge in [0.05, 0.1) is 6.54 Å². The molecule has 0 aliphatic rings. The van der Waals surface area contributed by atoms with E-state index >= 15 is 0 Å². The van der Waals surface area contributed by atoms with Crippen molar-refractivity contribution in [1.29, 1.82) is 0 Å². The first-order valence-electron chi connectivity index (χ1n) is 5.85. The number of hydrogen-bond donors (Lipinski definition) is 1. The summed E-state index contributed by atoms with van der Waals surface area (Å²) in [5.41, 5.74) is 1.79. The van der Waals surface area contributed by atoms with Gasteiger partial charge in [-0.15, -0.1) is 0 Å². The molecule has 2 rings (SSSR count). The Balaban J connectivity index is 2.01. The fourth-order valence-corrected chi connectivity index (χ4v) is 1.80. The summed E-state index contributed by atoms with van der Waals surface area (Å²) in [5.74, 6) is -0.389. The van der Waals surface area contributed by atoms with E-state index in [1.165, 1.54) is 12.1 Å². The molecule has 4 heteroatoms. The Bertz CT molecular complexity index is 596. The first kappa shape index (κ1) is 13.6. The summed E-state index contributed by atoms with van der Waals surface area (Å²) >= 11 is 5.77. The number of aryl methyl sites for hydroxylation is 1. The zero-order chi connectivity index (χ0) is 13.8. The molecule has 1 N–H and O–H groups in total. The lowest BCUT2D eigenvalue weighted by molar-refractivity contribution is 0.101. The minimum Gasteiger partial charge on any atom is -0.378 e. The molecule has 19 heavy (non-hydrogen) atoms. The molecule has 0 fully saturated rings. The summed E-state index contributed by atoms with van der Waals surface area (Å²) in [6, 6.07) is 11.4. The molecule has 0 unspecified atom stereocenters. The average molecular weight is 278 g/mol. The number of benzene rings is 2. The van der Waals surface area contributed by atoms with Crippen LogP contribution in [-0.4, -0.2) is 12.3 Å². The van der Waals surface area contributed by atoms with Crippen molar-refractivity contribution in [2.45, 2.75) is 6.92 Å². The highest BCUT2D eigenvalue weighted by atomic mass is 35.5. The molecular weight excluding hydrogens is 265 g/mol. The van der Waals surface area contributed by atoms with E-state index in [0.717, 1.165) is 5.69 Å². The van der Waals surface area contributed by atoms with E-state index in [4.69, 9.17) is 11.6 Å². The topological polar surface area (TPSA) is 29.1 Å². The van der Waals surface area contributed by atoms with Crippen LogP contribution >= 0.6 is 11.6 Å². The van der Waals surface area contributed by atoms with Crippen LogP contribution in [0.2, 0.25) is 5.02 Å². The summed E-state index contributed by atoms with van der Waals surface area (Å²) in [7, 11) is 0. The van der Waals surface area contributed by atoms with Crippen LogP contribution in [-0.2, 0) is 0 Å². The molecule has 0 aliphatic carbocycles. The van der Waals surface area contributed by atoms with Crippen molar-refractivity contribution in [2.75, 3.05) is 11.9 Å². The largest absolute Gasteiger partial charge is 0.378 e. The van der Waals surface area contributed by atoms with Gasteiger partial charge < -0.3 is 5.32 Å². The van der Waals surface area contributed by atoms with E-state index in [1.807, 2.05) is 0 Å². The van der Waals surface area contributed by atoms with E-state index in [9.17, 15) is 9.18 Å². The van der Waals surface area contributed by atoms with Gasteiger partial charge in [0.1, 0.15) is 5.82 Å². The molecule has 98 valence electrons. The normalized spacial score (nSPS) is 10.3. The van der Waals surface area contributed by atoms with Crippen LogP contribution < -0.4 is 5.32 Å². The van der Waals surface area contributed by atoms with E-state index in [2.05, 4.69) is 5.32 Å². The van der Waals surface area contributed by atoms with Crippen LogP contribution in [0.15, 0.2) is 42.5 Å². The summed E-state index contributed by atoms with van der Waals surface area (Å²) in [5, 5.41) is 3.65. The lowest BCUT2D eigenvalue weighted by Gasteiger charge is -2.06. The molecule has 0 spiro atoms. The van der Waals surface area contributed by atoms with Gasteiger partial charge in [-0.2, -0.15) is 0 Å². The molecule has 0 saturated carbocycles. The second kappa shape index (κ2) is 5.85. The van der Waals surface area contributed by atoms with Crippen molar-refractivity contribution in [2.24, 2.45) is 0 Å². The Morgan fingerprint density at radius 2 is 1.89 bits per heavy atom. The number of carbonyl (C=O) groups excluding carboxylic acids is 1. The zero-order valence-electron chi connectivity index (χ0n) is 10.4. The fourth-order valence-electron chi connectivity index (χ4n) is 1.67. The van der Waals surface area contributed by atoms with Crippen molar-refractivity contribution in [3.8, 4) is 0 Å². The highest BCUT2D eigenvalue weighted by Crippen LogP contribution is 2.14. The molecule has 0 aliphatic heterocycles. The maximum atomic E-state index is 13.1. The van der Waals surface area contributed by atoms with Crippen molar-refractivity contribution >= 4 is 23.1 Å². The quantitative estimate of drug-likeness (QED) is 0.853. The second-order valence-corrected chi connectivity index (χ2v) is 4.68. The van der Waals surface area contributed by atoms with Crippen molar-refractivity contribution in [3.05, 3.63) is 64.4 Å². The molecular formula is C15H13ClFNO. The zero-order valence-corrected chi connectivity index (χ0v) is 11.2. The number of anilines is 1. The van der Waals surface area contributed by atoms with Crippen molar-refractivity contribution in [3.63, 3.8) is 0 Å². The molecule has 2 nitrogen and oxygen atoms in total. The minimum absolute atomic E-state index is 0.0851. The highest BCUT2D eigenvalue weighted by Gasteiger charge is 2.07. The summed E-state index contributed by atoms with van der Waals surface area (Å²) in [4.78, 5) is 11.9. The lowest BCUT2D eigenvalue weighted by atomic mass is 10.1. The Morgan fingerprint density at radius 1 is 1.21 bits per heavy atom. The van der Waals surface area contributed by atoms with E-state index in [-0.39, 0.29) is 18.1 Å². The maximum absolute atomic E-state index is 13.1.